The summed E-state index contributed by atoms with van der Waals surface area (Å²) in [6.45, 7) is -0.312. The summed E-state index contributed by atoms with van der Waals surface area (Å²) in [6, 6.07) is 5.82. The van der Waals surface area contributed by atoms with E-state index in [2.05, 4.69) is 5.32 Å². The van der Waals surface area contributed by atoms with Gasteiger partial charge in [0.05, 0.1) is 5.56 Å². The Hall–Kier alpha value is -2.81. The first kappa shape index (κ1) is 17.5. The van der Waals surface area contributed by atoms with Gasteiger partial charge in [0.15, 0.2) is 5.76 Å². The second-order valence-electron chi connectivity index (χ2n) is 4.90. The Morgan fingerprint density at radius 1 is 1.25 bits per heavy atom. The van der Waals surface area contributed by atoms with Crippen LogP contribution in [0.25, 0.3) is 11.3 Å². The number of aliphatic carboxylic acids is 1. The van der Waals surface area contributed by atoms with Crippen LogP contribution in [-0.2, 0) is 11.0 Å². The Morgan fingerprint density at radius 3 is 2.58 bits per heavy atom. The number of alkyl halides is 3. The van der Waals surface area contributed by atoms with E-state index in [1.165, 1.54) is 24.3 Å². The molecule has 1 aromatic heterocycles. The number of carboxylic acids is 1. The average molecular weight is 342 g/mol. The minimum atomic E-state index is -4.49. The first-order valence-electron chi connectivity index (χ1n) is 6.72. The Bertz CT molecular complexity index is 755. The molecule has 0 bridgehead atoms. The number of carbonyl (C=O) groups is 2. The molecule has 1 aromatic carbocycles. The Morgan fingerprint density at radius 2 is 1.96 bits per heavy atom. The van der Waals surface area contributed by atoms with Crippen LogP contribution in [0.2, 0.25) is 0 Å². The quantitative estimate of drug-likeness (QED) is 0.772. The van der Waals surface area contributed by atoms with E-state index in [0.717, 1.165) is 12.1 Å². The number of nitrogens with two attached hydrogens (primary N) is 1. The smallest absolute Gasteiger partial charge is 0.416 e. The molecule has 0 aliphatic heterocycles. The lowest BCUT2D eigenvalue weighted by molar-refractivity contribution is -0.138. The molecule has 2 aromatic rings. The van der Waals surface area contributed by atoms with Gasteiger partial charge in [0, 0.05) is 12.1 Å². The number of amides is 1. The normalized spacial score (nSPS) is 12.7. The van der Waals surface area contributed by atoms with Crippen molar-refractivity contribution in [3.8, 4) is 11.3 Å². The van der Waals surface area contributed by atoms with Crippen molar-refractivity contribution < 1.29 is 32.3 Å². The van der Waals surface area contributed by atoms with Crippen molar-refractivity contribution in [3.05, 3.63) is 47.7 Å². The largest absolute Gasteiger partial charge is 0.480 e. The first-order chi connectivity index (χ1) is 11.2. The number of hydrogen-bond acceptors (Lipinski definition) is 4. The number of halogens is 3. The van der Waals surface area contributed by atoms with E-state index in [-0.39, 0.29) is 23.6 Å². The molecule has 4 N–H and O–H groups in total. The zero-order valence-electron chi connectivity index (χ0n) is 12.1. The molecular weight excluding hydrogens is 329 g/mol. The lowest BCUT2D eigenvalue weighted by Crippen LogP contribution is -2.42. The Labute approximate surface area is 134 Å². The highest BCUT2D eigenvalue weighted by molar-refractivity contribution is 5.92. The predicted molar refractivity (Wildman–Crippen MR) is 77.1 cm³/mol. The summed E-state index contributed by atoms with van der Waals surface area (Å²) in [5, 5.41) is 10.9. The summed E-state index contributed by atoms with van der Waals surface area (Å²) in [4.78, 5) is 22.4. The third-order valence-electron chi connectivity index (χ3n) is 3.10. The molecule has 0 aliphatic rings. The van der Waals surface area contributed by atoms with E-state index >= 15 is 0 Å². The molecule has 128 valence electrons. The van der Waals surface area contributed by atoms with Crippen molar-refractivity contribution >= 4 is 11.9 Å². The zero-order chi connectivity index (χ0) is 17.9. The van der Waals surface area contributed by atoms with Crippen LogP contribution in [0.1, 0.15) is 16.1 Å². The Balaban J connectivity index is 2.13. The molecule has 0 saturated carbocycles. The van der Waals surface area contributed by atoms with Crippen LogP contribution < -0.4 is 11.1 Å². The average Bonchev–Trinajstić information content (AvgIpc) is 3.01. The molecule has 9 heteroatoms. The van der Waals surface area contributed by atoms with Gasteiger partial charge in [-0.25, -0.2) is 0 Å². The van der Waals surface area contributed by atoms with E-state index in [4.69, 9.17) is 15.3 Å². The van der Waals surface area contributed by atoms with Crippen molar-refractivity contribution in [2.75, 3.05) is 6.54 Å². The molecule has 1 atom stereocenters. The standard InChI is InChI=1S/C15H13F3N2O4/c16-15(17,18)9-3-1-2-8(6-9)11-4-5-12(24-11)13(21)20-7-10(19)14(22)23/h1-6,10H,7,19H2,(H,20,21)(H,22,23)/t10-/m1/s1. The van der Waals surface area contributed by atoms with E-state index in [9.17, 15) is 22.8 Å². The van der Waals surface area contributed by atoms with Crippen molar-refractivity contribution in [1.29, 1.82) is 0 Å². The summed E-state index contributed by atoms with van der Waals surface area (Å²) in [5.74, 6) is -2.09. The third-order valence-corrected chi connectivity index (χ3v) is 3.10. The summed E-state index contributed by atoms with van der Waals surface area (Å²) in [7, 11) is 0. The van der Waals surface area contributed by atoms with E-state index in [1.54, 1.807) is 0 Å². The van der Waals surface area contributed by atoms with Gasteiger partial charge in [0.1, 0.15) is 11.8 Å². The highest BCUT2D eigenvalue weighted by Crippen LogP contribution is 2.32. The summed E-state index contributed by atoms with van der Waals surface area (Å²) in [5.41, 5.74) is 4.57. The van der Waals surface area contributed by atoms with Crippen LogP contribution in [0.15, 0.2) is 40.8 Å². The SMILES string of the molecule is N[C@H](CNC(=O)c1ccc(-c2cccc(C(F)(F)F)c2)o1)C(=O)O. The monoisotopic (exact) mass is 342 g/mol. The fraction of sp³-hybridized carbons (Fsp3) is 0.200. The topological polar surface area (TPSA) is 106 Å². The predicted octanol–water partition coefficient (Wildman–Crippen LogP) is 2.11. The highest BCUT2D eigenvalue weighted by atomic mass is 19.4. The number of benzene rings is 1. The molecule has 0 unspecified atom stereocenters. The van der Waals surface area contributed by atoms with Gasteiger partial charge in [-0.15, -0.1) is 0 Å². The maximum absolute atomic E-state index is 12.7. The molecule has 0 saturated heterocycles. The van der Waals surface area contributed by atoms with Gasteiger partial charge in [-0.3, -0.25) is 9.59 Å². The van der Waals surface area contributed by atoms with Crippen LogP contribution in [0.4, 0.5) is 13.2 Å². The lowest BCUT2D eigenvalue weighted by Gasteiger charge is -2.08. The molecule has 2 rings (SSSR count). The van der Waals surface area contributed by atoms with Crippen LogP contribution in [0.5, 0.6) is 0 Å². The van der Waals surface area contributed by atoms with E-state index in [1.807, 2.05) is 0 Å². The summed E-state index contributed by atoms with van der Waals surface area (Å²) in [6.07, 6.45) is -4.49. The number of carboxylic acid groups (broad SMARTS) is 1. The van der Waals surface area contributed by atoms with Gasteiger partial charge in [-0.05, 0) is 24.3 Å². The van der Waals surface area contributed by atoms with Crippen molar-refractivity contribution in [1.82, 2.24) is 5.32 Å². The van der Waals surface area contributed by atoms with Gasteiger partial charge in [0.2, 0.25) is 0 Å². The number of hydrogen-bond donors (Lipinski definition) is 3. The minimum Gasteiger partial charge on any atom is -0.480 e. The first-order valence-corrected chi connectivity index (χ1v) is 6.72. The molecule has 24 heavy (non-hydrogen) atoms. The second kappa shape index (κ2) is 6.75. The molecule has 0 fully saturated rings. The fourth-order valence-electron chi connectivity index (χ4n) is 1.84. The van der Waals surface area contributed by atoms with Crippen molar-refractivity contribution in [2.24, 2.45) is 5.73 Å². The van der Waals surface area contributed by atoms with Gasteiger partial charge >= 0.3 is 12.1 Å². The number of rotatable bonds is 5. The molecule has 6 nitrogen and oxygen atoms in total. The highest BCUT2D eigenvalue weighted by Gasteiger charge is 2.30. The van der Waals surface area contributed by atoms with Crippen molar-refractivity contribution in [3.63, 3.8) is 0 Å². The molecule has 1 heterocycles. The van der Waals surface area contributed by atoms with Crippen LogP contribution in [-0.4, -0.2) is 29.6 Å². The zero-order valence-corrected chi connectivity index (χ0v) is 12.1. The lowest BCUT2D eigenvalue weighted by atomic mass is 10.1. The van der Waals surface area contributed by atoms with Gasteiger partial charge in [-0.1, -0.05) is 12.1 Å². The van der Waals surface area contributed by atoms with Crippen LogP contribution >= 0.6 is 0 Å². The van der Waals surface area contributed by atoms with Crippen LogP contribution in [0.3, 0.4) is 0 Å². The van der Waals surface area contributed by atoms with Crippen LogP contribution in [0, 0.1) is 0 Å². The summed E-state index contributed by atoms with van der Waals surface area (Å²) >= 11 is 0. The van der Waals surface area contributed by atoms with Gasteiger partial charge in [-0.2, -0.15) is 13.2 Å². The number of carbonyl (C=O) groups excluding carboxylic acids is 1. The maximum Gasteiger partial charge on any atom is 0.416 e. The molecule has 0 spiro atoms. The molecule has 0 radical (unpaired) electrons. The van der Waals surface area contributed by atoms with E-state index in [0.29, 0.717) is 0 Å². The second-order valence-corrected chi connectivity index (χ2v) is 4.90. The number of nitrogens with one attached hydrogen (secondary N) is 1. The maximum atomic E-state index is 12.7. The number of furan rings is 1. The third kappa shape index (κ3) is 4.13. The van der Waals surface area contributed by atoms with Crippen molar-refractivity contribution in [2.45, 2.75) is 12.2 Å². The van der Waals surface area contributed by atoms with Gasteiger partial charge < -0.3 is 20.6 Å². The summed E-state index contributed by atoms with van der Waals surface area (Å²) < 4.78 is 43.3. The molecule has 0 aliphatic carbocycles. The van der Waals surface area contributed by atoms with Gasteiger partial charge in [0.25, 0.3) is 5.91 Å². The van der Waals surface area contributed by atoms with E-state index < -0.39 is 29.7 Å². The Kier molecular flexibility index (Phi) is 4.93. The fourth-order valence-corrected chi connectivity index (χ4v) is 1.84. The molecular formula is C15H13F3N2O4. The minimum absolute atomic E-state index is 0.0776. The molecule has 1 amide bonds.